The van der Waals surface area contributed by atoms with E-state index in [9.17, 15) is 44.4 Å². The molecule has 1 saturated carbocycles. The Morgan fingerprint density at radius 3 is 2.09 bits per heavy atom. The number of ketones is 1. The second-order valence-corrected chi connectivity index (χ2v) is 34.5. The van der Waals surface area contributed by atoms with E-state index in [1.54, 1.807) is 47.3 Å². The second-order valence-electron chi connectivity index (χ2n) is 34.5. The lowest BCUT2D eigenvalue weighted by atomic mass is 9.78. The van der Waals surface area contributed by atoms with E-state index >= 15 is 0 Å². The molecule has 4 aliphatic heterocycles. The van der Waals surface area contributed by atoms with Crippen LogP contribution >= 0.6 is 0 Å². The minimum Gasteiger partial charge on any atom is -0.460 e. The van der Waals surface area contributed by atoms with E-state index in [4.69, 9.17) is 77.2 Å². The van der Waals surface area contributed by atoms with Crippen LogP contribution in [0.3, 0.4) is 0 Å². The van der Waals surface area contributed by atoms with Gasteiger partial charge in [-0.1, -0.05) is 94.4 Å². The van der Waals surface area contributed by atoms with Crippen LogP contribution in [-0.2, 0) is 110 Å². The number of ether oxygens (including phenoxy) is 13. The molecule has 1 aromatic carbocycles. The van der Waals surface area contributed by atoms with E-state index < -0.39 is 96.6 Å². The van der Waals surface area contributed by atoms with Gasteiger partial charge in [0.05, 0.1) is 160 Å². The summed E-state index contributed by atoms with van der Waals surface area (Å²) in [4.78, 5) is 95.4. The first-order valence-electron chi connectivity index (χ1n) is 45.5. The smallest absolute Gasteiger partial charge is 0.329 e. The highest BCUT2D eigenvalue weighted by Crippen LogP contribution is 2.40. The summed E-state index contributed by atoms with van der Waals surface area (Å²) in [6.07, 6.45) is 16.4. The van der Waals surface area contributed by atoms with Crippen molar-refractivity contribution in [2.24, 2.45) is 40.7 Å². The average Bonchev–Trinajstić information content (AvgIpc) is 1.71. The first-order valence-corrected chi connectivity index (χ1v) is 45.5. The number of aliphatic hydroxyl groups excluding tert-OH is 3. The molecule has 34 nitrogen and oxygen atoms in total. The predicted octanol–water partition coefficient (Wildman–Crippen LogP) is 8.31. The molecular weight excluding hydrogens is 1650 g/mol. The normalized spacial score (nSPS) is 27.8. The number of methoxy groups -OCH3 is 3. The summed E-state index contributed by atoms with van der Waals surface area (Å²) >= 11 is 0. The fourth-order valence-electron chi connectivity index (χ4n) is 17.4. The quantitative estimate of drug-likeness (QED) is 0.00639. The topological polar surface area (TPSA) is 425 Å². The monoisotopic (exact) mass is 1790 g/mol. The van der Waals surface area contributed by atoms with Gasteiger partial charge in [0.1, 0.15) is 47.8 Å². The number of carbonyl (C=O) groups is 5. The van der Waals surface area contributed by atoms with Gasteiger partial charge in [-0.3, -0.25) is 19.2 Å². The molecule has 128 heavy (non-hydrogen) atoms. The number of piperidine rings is 1. The number of benzene rings is 1. The third-order valence-electron chi connectivity index (χ3n) is 24.9. The number of cyclic esters (lactones) is 1. The number of allylic oxidation sites excluding steroid dienone is 5. The molecular formula is C94H139N11O23. The molecule has 0 radical (unpaired) electrons. The van der Waals surface area contributed by atoms with Crippen molar-refractivity contribution in [1.29, 1.82) is 0 Å². The molecule has 10 rings (SSSR count). The number of aromatic nitrogens is 6. The number of H-pyrrole nitrogens is 1. The average molecular weight is 1790 g/mol. The third-order valence-corrected chi connectivity index (χ3v) is 24.9. The molecule has 5 aliphatic rings. The van der Waals surface area contributed by atoms with Crippen molar-refractivity contribution in [1.82, 2.24) is 44.8 Å². The second kappa shape index (κ2) is 52.6. The van der Waals surface area contributed by atoms with Crippen molar-refractivity contribution in [3.8, 4) is 11.3 Å². The molecule has 3 amide bonds. The van der Waals surface area contributed by atoms with Crippen LogP contribution in [0, 0.1) is 35.5 Å². The molecule has 0 spiro atoms. The zero-order valence-corrected chi connectivity index (χ0v) is 76.4. The molecule has 5 aromatic rings. The number of oxime groups is 1. The lowest BCUT2D eigenvalue weighted by molar-refractivity contribution is -0.265. The van der Waals surface area contributed by atoms with E-state index in [0.717, 1.165) is 39.7 Å². The Bertz CT molecular complexity index is 4460. The third kappa shape index (κ3) is 30.1. The number of hydrogen-bond acceptors (Lipinski definition) is 29. The van der Waals surface area contributed by atoms with E-state index in [2.05, 4.69) is 48.6 Å². The number of amides is 3. The van der Waals surface area contributed by atoms with Crippen molar-refractivity contribution in [3.63, 3.8) is 0 Å². The van der Waals surface area contributed by atoms with Crippen LogP contribution in [0.15, 0.2) is 102 Å². The summed E-state index contributed by atoms with van der Waals surface area (Å²) in [5.41, 5.74) is 14.3. The minimum atomic E-state index is -2.46. The number of fused-ring (bicyclic) bond motifs is 6. The molecule has 8 N–H and O–H groups in total. The van der Waals surface area contributed by atoms with Gasteiger partial charge in [-0.2, -0.15) is 5.10 Å². The van der Waals surface area contributed by atoms with Gasteiger partial charge in [0, 0.05) is 101 Å². The number of rotatable bonds is 39. The highest BCUT2D eigenvalue weighted by atomic mass is 16.6. The van der Waals surface area contributed by atoms with Gasteiger partial charge in [0.15, 0.2) is 12.3 Å². The molecule has 1 aliphatic carbocycles. The summed E-state index contributed by atoms with van der Waals surface area (Å²) in [5, 5.41) is 61.1. The van der Waals surface area contributed by atoms with Crippen molar-refractivity contribution >= 4 is 63.1 Å². The maximum absolute atomic E-state index is 14.7. The van der Waals surface area contributed by atoms with Crippen LogP contribution in [0.25, 0.3) is 33.3 Å². The number of hydrogen-bond donors (Lipinski definition) is 7. The fourth-order valence-corrected chi connectivity index (χ4v) is 17.4. The van der Waals surface area contributed by atoms with E-state index in [-0.39, 0.29) is 87.7 Å². The van der Waals surface area contributed by atoms with Gasteiger partial charge in [-0.15, -0.1) is 0 Å². The molecule has 708 valence electrons. The van der Waals surface area contributed by atoms with Gasteiger partial charge >= 0.3 is 5.97 Å². The van der Waals surface area contributed by atoms with Crippen molar-refractivity contribution in [2.75, 3.05) is 159 Å². The molecule has 2 saturated heterocycles. The summed E-state index contributed by atoms with van der Waals surface area (Å²) < 4.78 is 77.3. The summed E-state index contributed by atoms with van der Waals surface area (Å²) in [6.45, 7) is 20.3. The Balaban J connectivity index is 0.581. The number of nitrogens with one attached hydrogen (secondary N) is 2. The number of Topliss-reactive ketones (excluding diaryl/α,β-unsaturated/α-hetero) is 1. The Morgan fingerprint density at radius 1 is 0.727 bits per heavy atom. The standard InChI is InChI=1S/C94H139N11O23/c1-61-16-12-11-13-17-62(2)78(115-8)54-74-23-19-67(7)94(114,128-74)88(111)92(112)104-30-15-14-18-75(104)93(113)127-79(64(4)50-68-21-24-76(106)80(52-68)116-9)55-77(107)63(3)49-66(6)86(110)87(117-10)84(65(5)48-61)102-126-59-81(108)96-29-33-119-35-37-121-39-41-123-43-45-125-47-46-124-44-42-122-40-38-120-36-34-118-32-27-82(109)103-31-26-70-51-69(20-22-72(70)58-103)57-105-91-83(89(95)99-60-100-91)85(101-105)73-53-71-25-28-97-90(71)98-56-73/h11-13,16-17,20,22,25,28,49,51,53,56,60-61,63-65,67-68,74-80,86-87,106-107,110,114H,14-15,18-19,21,23-24,26-27,29-48,50,52,54-55,57-59H2,1-10H3,(H,96,108)(H,97,98)(H2,95,99,100)/b13-11+,16-12+,62-17+,66-49+,102-84?/t61-,63-,64-,65-,67-,68+,74+,75+,76-,77-,78+,79+,80-,86-,87+,94-/m1/s1. The number of anilines is 1. The van der Waals surface area contributed by atoms with Crippen LogP contribution in [0.2, 0.25) is 0 Å². The highest BCUT2D eigenvalue weighted by Gasteiger charge is 2.53. The SMILES string of the molecule is CO[C@H]1C[C@@H]2CC[C@@H](C)[C@@](O)(O2)C(=O)C(=O)N2CCCC[C@H]2C(=O)O[C@H]([C@H](C)C[C@@H]2CC[C@@H](O)[C@H](OC)C2)C[C@@H](O)[C@H](C)/C=C(\C)[C@@H](O)[C@@H](OC)C(=NOCC(=O)NCCOCCOCCOCCOCCOCCOCCOCCOCCC(=O)N2CCc3cc(Cn4nc(-c5cnc6[nH]ccc6c5)c5c(N)ncnc54)ccc3C2)[C@H](C)C[C@H](C)/C=C/C=C/C=C/1C. The summed E-state index contributed by atoms with van der Waals surface area (Å²) in [7, 11) is 4.60. The van der Waals surface area contributed by atoms with E-state index in [1.807, 2.05) is 86.0 Å². The van der Waals surface area contributed by atoms with Gasteiger partial charge in [-0.25, -0.2) is 24.4 Å². The van der Waals surface area contributed by atoms with Crippen molar-refractivity contribution < 1.29 is 111 Å². The number of aliphatic hydroxyl groups is 4. The molecule has 3 fully saturated rings. The number of nitrogens with zero attached hydrogens (tertiary/aromatic N) is 8. The van der Waals surface area contributed by atoms with Crippen LogP contribution in [-0.4, -0.2) is 309 Å². The number of pyridine rings is 1. The molecule has 0 unspecified atom stereocenters. The Kier molecular flexibility index (Phi) is 41.8. The zero-order chi connectivity index (χ0) is 91.5. The molecule has 8 heterocycles. The van der Waals surface area contributed by atoms with Crippen molar-refractivity contribution in [3.05, 3.63) is 113 Å². The largest absolute Gasteiger partial charge is 0.460 e. The van der Waals surface area contributed by atoms with E-state index in [0.29, 0.717) is 204 Å². The number of carbonyl (C=O) groups excluding carboxylic acids is 5. The van der Waals surface area contributed by atoms with Gasteiger partial charge in [0.2, 0.25) is 11.7 Å². The van der Waals surface area contributed by atoms with Crippen LogP contribution in [0.4, 0.5) is 5.82 Å². The van der Waals surface area contributed by atoms with Gasteiger partial charge in [0.25, 0.3) is 17.6 Å². The first-order chi connectivity index (χ1) is 61.9. The predicted molar refractivity (Wildman–Crippen MR) is 478 cm³/mol. The molecule has 34 heteroatoms. The molecule has 4 aromatic heterocycles. The Morgan fingerprint density at radius 2 is 1.41 bits per heavy atom. The van der Waals surface area contributed by atoms with Crippen molar-refractivity contribution in [2.45, 2.75) is 212 Å². The lowest BCUT2D eigenvalue weighted by Gasteiger charge is -2.43. The maximum Gasteiger partial charge on any atom is 0.329 e. The number of nitrogen functional groups attached to an aromatic ring is 1. The summed E-state index contributed by atoms with van der Waals surface area (Å²) in [6, 6.07) is 9.18. The first kappa shape index (κ1) is 102. The summed E-state index contributed by atoms with van der Waals surface area (Å²) in [5.74, 6) is -7.41. The molecule has 16 atom stereocenters. The zero-order valence-electron chi connectivity index (χ0n) is 76.4. The van der Waals surface area contributed by atoms with Crippen LogP contribution in [0.5, 0.6) is 0 Å². The Hall–Kier alpha value is -8.40. The number of nitrogens with two attached hydrogens (primary N) is 1. The maximum atomic E-state index is 14.7. The number of esters is 1. The number of aromatic amines is 1. The van der Waals surface area contributed by atoms with E-state index in [1.165, 1.54) is 23.9 Å². The van der Waals surface area contributed by atoms with Crippen LogP contribution < -0.4 is 11.1 Å². The minimum absolute atomic E-state index is 0.0302. The lowest BCUT2D eigenvalue weighted by Crippen LogP contribution is -2.61. The van der Waals surface area contributed by atoms with Gasteiger partial charge < -0.3 is 113 Å². The van der Waals surface area contributed by atoms with Crippen LogP contribution in [0.1, 0.15) is 149 Å². The Labute approximate surface area is 751 Å². The fraction of sp³-hybridized carbons (Fsp3) is 0.660. The molecule has 2 bridgehead atoms. The van der Waals surface area contributed by atoms with Gasteiger partial charge in [-0.05, 0) is 142 Å². The highest BCUT2D eigenvalue weighted by molar-refractivity contribution is 6.39.